The highest BCUT2D eigenvalue weighted by Crippen LogP contribution is 2.22. The van der Waals surface area contributed by atoms with Crippen LogP contribution in [0.25, 0.3) is 0 Å². The van der Waals surface area contributed by atoms with Gasteiger partial charge in [0.05, 0.1) is 11.8 Å². The van der Waals surface area contributed by atoms with Crippen molar-refractivity contribution in [2.45, 2.75) is 18.7 Å². The van der Waals surface area contributed by atoms with E-state index in [9.17, 15) is 9.18 Å². The Balaban J connectivity index is 2.10. The molecule has 1 amide bonds. The number of aromatic nitrogens is 1. The van der Waals surface area contributed by atoms with E-state index in [1.807, 2.05) is 6.92 Å². The number of pyridine rings is 1. The second-order valence-corrected chi connectivity index (χ2v) is 4.99. The minimum atomic E-state index is -0.490. The molecule has 0 saturated carbocycles. The summed E-state index contributed by atoms with van der Waals surface area (Å²) in [6.07, 6.45) is 3.25. The molecule has 2 unspecified atom stereocenters. The zero-order chi connectivity index (χ0) is 12.4. The summed E-state index contributed by atoms with van der Waals surface area (Å²) in [4.78, 5) is 17.5. The van der Waals surface area contributed by atoms with E-state index in [0.717, 1.165) is 12.6 Å². The minimum Gasteiger partial charge on any atom is -0.338 e. The van der Waals surface area contributed by atoms with Gasteiger partial charge in [-0.25, -0.2) is 4.39 Å². The summed E-state index contributed by atoms with van der Waals surface area (Å²) in [5, 5.41) is 0.115. The summed E-state index contributed by atoms with van der Waals surface area (Å²) in [5.74, 6) is -0.403. The number of carbonyl (C=O) groups excluding carboxylic acids is 1. The highest BCUT2D eigenvalue weighted by Gasteiger charge is 2.27. The fourth-order valence-electron chi connectivity index (χ4n) is 2.01. The van der Waals surface area contributed by atoms with Crippen molar-refractivity contribution in [1.29, 1.82) is 0 Å². The standard InChI is InChI=1S/C12H14ClFN2O/c1-8-7-16(3-2-11(8)13)12(17)9-4-10(14)6-15-5-9/h4-6,8,11H,2-3,7H2,1H3. The molecule has 1 aromatic heterocycles. The lowest BCUT2D eigenvalue weighted by atomic mass is 9.99. The molecule has 2 atom stereocenters. The van der Waals surface area contributed by atoms with Crippen molar-refractivity contribution in [1.82, 2.24) is 9.88 Å². The third-order valence-electron chi connectivity index (χ3n) is 3.04. The average Bonchev–Trinajstić information content (AvgIpc) is 2.32. The molecule has 1 aliphatic heterocycles. The Labute approximate surface area is 105 Å². The Hall–Kier alpha value is -1.16. The zero-order valence-electron chi connectivity index (χ0n) is 9.57. The maximum absolute atomic E-state index is 13.0. The van der Waals surface area contributed by atoms with E-state index >= 15 is 0 Å². The van der Waals surface area contributed by atoms with Crippen molar-refractivity contribution >= 4 is 17.5 Å². The van der Waals surface area contributed by atoms with Gasteiger partial charge in [-0.3, -0.25) is 9.78 Å². The van der Waals surface area contributed by atoms with E-state index in [4.69, 9.17) is 11.6 Å². The number of carbonyl (C=O) groups is 1. The first-order valence-electron chi connectivity index (χ1n) is 5.62. The van der Waals surface area contributed by atoms with E-state index in [1.54, 1.807) is 4.90 Å². The van der Waals surface area contributed by atoms with Crippen LogP contribution < -0.4 is 0 Å². The number of alkyl halides is 1. The summed E-state index contributed by atoms with van der Waals surface area (Å²) in [7, 11) is 0. The fraction of sp³-hybridized carbons (Fsp3) is 0.500. The molecule has 0 aromatic carbocycles. The van der Waals surface area contributed by atoms with Crippen LogP contribution in [0.2, 0.25) is 0 Å². The quantitative estimate of drug-likeness (QED) is 0.723. The summed E-state index contributed by atoms with van der Waals surface area (Å²) < 4.78 is 13.0. The molecule has 2 heterocycles. The summed E-state index contributed by atoms with van der Waals surface area (Å²) in [6, 6.07) is 1.22. The van der Waals surface area contributed by atoms with Crippen LogP contribution in [-0.2, 0) is 0 Å². The van der Waals surface area contributed by atoms with Crippen LogP contribution in [0, 0.1) is 11.7 Å². The number of likely N-dealkylation sites (tertiary alicyclic amines) is 1. The predicted octanol–water partition coefficient (Wildman–Crippen LogP) is 2.31. The Morgan fingerprint density at radius 2 is 2.35 bits per heavy atom. The second-order valence-electron chi connectivity index (χ2n) is 4.42. The Bertz CT molecular complexity index is 427. The number of halogens is 2. The molecule has 0 aliphatic carbocycles. The van der Waals surface area contributed by atoms with Crippen molar-refractivity contribution in [3.63, 3.8) is 0 Å². The number of hydrogen-bond donors (Lipinski definition) is 0. The topological polar surface area (TPSA) is 33.2 Å². The molecule has 0 bridgehead atoms. The van der Waals surface area contributed by atoms with Gasteiger partial charge in [-0.1, -0.05) is 6.92 Å². The van der Waals surface area contributed by atoms with Crippen LogP contribution in [0.15, 0.2) is 18.5 Å². The largest absolute Gasteiger partial charge is 0.338 e. The molecular formula is C12H14ClFN2O. The first-order chi connectivity index (χ1) is 8.08. The van der Waals surface area contributed by atoms with Gasteiger partial charge in [0.1, 0.15) is 5.82 Å². The van der Waals surface area contributed by atoms with Gasteiger partial charge in [0, 0.05) is 24.7 Å². The van der Waals surface area contributed by atoms with Crippen LogP contribution in [-0.4, -0.2) is 34.3 Å². The second kappa shape index (κ2) is 5.00. The number of nitrogens with zero attached hydrogens (tertiary/aromatic N) is 2. The van der Waals surface area contributed by atoms with Crippen molar-refractivity contribution < 1.29 is 9.18 Å². The summed E-state index contributed by atoms with van der Waals surface area (Å²) >= 11 is 6.10. The predicted molar refractivity (Wildman–Crippen MR) is 63.5 cm³/mol. The number of rotatable bonds is 1. The Morgan fingerprint density at radius 3 is 3.00 bits per heavy atom. The normalized spacial score (nSPS) is 24.8. The molecule has 1 fully saturated rings. The van der Waals surface area contributed by atoms with Gasteiger partial charge in [-0.05, 0) is 18.4 Å². The minimum absolute atomic E-state index is 0.115. The molecule has 1 saturated heterocycles. The van der Waals surface area contributed by atoms with Gasteiger partial charge >= 0.3 is 0 Å². The molecule has 2 rings (SSSR count). The molecular weight excluding hydrogens is 243 g/mol. The molecule has 0 radical (unpaired) electrons. The van der Waals surface area contributed by atoms with E-state index in [2.05, 4.69) is 4.98 Å². The molecule has 0 spiro atoms. The Kier molecular flexibility index (Phi) is 3.62. The summed E-state index contributed by atoms with van der Waals surface area (Å²) in [6.45, 7) is 3.25. The van der Waals surface area contributed by atoms with Crippen LogP contribution in [0.3, 0.4) is 0 Å². The Morgan fingerprint density at radius 1 is 1.59 bits per heavy atom. The van der Waals surface area contributed by atoms with E-state index in [0.29, 0.717) is 18.7 Å². The van der Waals surface area contributed by atoms with Gasteiger partial charge in [0.2, 0.25) is 0 Å². The van der Waals surface area contributed by atoms with Crippen LogP contribution >= 0.6 is 11.6 Å². The van der Waals surface area contributed by atoms with E-state index in [-0.39, 0.29) is 17.2 Å². The molecule has 5 heteroatoms. The van der Waals surface area contributed by atoms with Crippen molar-refractivity contribution in [3.05, 3.63) is 29.8 Å². The molecule has 17 heavy (non-hydrogen) atoms. The first kappa shape index (κ1) is 12.3. The van der Waals surface area contributed by atoms with Gasteiger partial charge in [0.25, 0.3) is 5.91 Å². The van der Waals surface area contributed by atoms with E-state index < -0.39 is 5.82 Å². The lowest BCUT2D eigenvalue weighted by Crippen LogP contribution is -2.43. The smallest absolute Gasteiger partial charge is 0.255 e. The monoisotopic (exact) mass is 256 g/mol. The summed E-state index contributed by atoms with van der Waals surface area (Å²) in [5.41, 5.74) is 0.297. The lowest BCUT2D eigenvalue weighted by molar-refractivity contribution is 0.0686. The fourth-order valence-corrected chi connectivity index (χ4v) is 2.19. The third kappa shape index (κ3) is 2.75. The third-order valence-corrected chi connectivity index (χ3v) is 3.69. The number of amides is 1. The highest BCUT2D eigenvalue weighted by atomic mass is 35.5. The maximum Gasteiger partial charge on any atom is 0.255 e. The highest BCUT2D eigenvalue weighted by molar-refractivity contribution is 6.20. The van der Waals surface area contributed by atoms with Crippen LogP contribution in [0.1, 0.15) is 23.7 Å². The molecule has 3 nitrogen and oxygen atoms in total. The molecule has 92 valence electrons. The van der Waals surface area contributed by atoms with Crippen molar-refractivity contribution in [3.8, 4) is 0 Å². The van der Waals surface area contributed by atoms with Crippen molar-refractivity contribution in [2.75, 3.05) is 13.1 Å². The molecule has 1 aromatic rings. The van der Waals surface area contributed by atoms with Crippen LogP contribution in [0.5, 0.6) is 0 Å². The van der Waals surface area contributed by atoms with E-state index in [1.165, 1.54) is 12.3 Å². The van der Waals surface area contributed by atoms with Gasteiger partial charge in [-0.2, -0.15) is 0 Å². The van der Waals surface area contributed by atoms with Crippen molar-refractivity contribution in [2.24, 2.45) is 5.92 Å². The molecule has 1 aliphatic rings. The lowest BCUT2D eigenvalue weighted by Gasteiger charge is -2.34. The number of piperidine rings is 1. The molecule has 0 N–H and O–H groups in total. The SMILES string of the molecule is CC1CN(C(=O)c2cncc(F)c2)CCC1Cl. The zero-order valence-corrected chi connectivity index (χ0v) is 10.3. The maximum atomic E-state index is 13.0. The average molecular weight is 257 g/mol. The van der Waals surface area contributed by atoms with Gasteiger partial charge in [0.15, 0.2) is 0 Å². The number of hydrogen-bond acceptors (Lipinski definition) is 2. The van der Waals surface area contributed by atoms with Crippen LogP contribution in [0.4, 0.5) is 4.39 Å². The van der Waals surface area contributed by atoms with Gasteiger partial charge in [-0.15, -0.1) is 11.6 Å². The first-order valence-corrected chi connectivity index (χ1v) is 6.05. The van der Waals surface area contributed by atoms with Gasteiger partial charge < -0.3 is 4.90 Å².